The smallest absolute Gasteiger partial charge is 0.318 e. The molecule has 28 heavy (non-hydrogen) atoms. The first-order valence-corrected chi connectivity index (χ1v) is 9.20. The number of piperazine rings is 1. The van der Waals surface area contributed by atoms with Crippen molar-refractivity contribution in [3.63, 3.8) is 0 Å². The Morgan fingerprint density at radius 3 is 2.96 bits per heavy atom. The molecule has 0 aliphatic carbocycles. The van der Waals surface area contributed by atoms with Gasteiger partial charge in [-0.3, -0.25) is 4.98 Å². The number of halogens is 1. The number of carbonyl (C=O) groups is 1. The van der Waals surface area contributed by atoms with Crippen LogP contribution in [0, 0.1) is 5.82 Å². The second-order valence-corrected chi connectivity index (χ2v) is 6.75. The van der Waals surface area contributed by atoms with Crippen LogP contribution in [-0.2, 0) is 0 Å². The number of urea groups is 1. The molecule has 1 saturated heterocycles. The van der Waals surface area contributed by atoms with E-state index in [9.17, 15) is 14.3 Å². The topological polar surface area (TPSA) is 77.9 Å². The van der Waals surface area contributed by atoms with Crippen LogP contribution < -0.4 is 15.0 Å². The minimum Gasteiger partial charge on any atom is -0.497 e. The number of nitrogens with one attached hydrogen (secondary N) is 1. The van der Waals surface area contributed by atoms with E-state index in [2.05, 4.69) is 10.3 Å². The second kappa shape index (κ2) is 8.88. The first kappa shape index (κ1) is 19.9. The van der Waals surface area contributed by atoms with Crippen molar-refractivity contribution in [2.24, 2.45) is 0 Å². The minimum atomic E-state index is -0.432. The van der Waals surface area contributed by atoms with Crippen molar-refractivity contribution < 1.29 is 19.0 Å². The lowest BCUT2D eigenvalue weighted by Crippen LogP contribution is -2.59. The molecule has 8 heteroatoms. The van der Waals surface area contributed by atoms with Gasteiger partial charge in [0.15, 0.2) is 5.82 Å². The van der Waals surface area contributed by atoms with Gasteiger partial charge < -0.3 is 25.0 Å². The van der Waals surface area contributed by atoms with Gasteiger partial charge in [0.05, 0.1) is 37.7 Å². The van der Waals surface area contributed by atoms with Crippen LogP contribution in [0.3, 0.4) is 0 Å². The van der Waals surface area contributed by atoms with Crippen molar-refractivity contribution in [1.82, 2.24) is 15.2 Å². The summed E-state index contributed by atoms with van der Waals surface area (Å²) in [6.07, 6.45) is 2.69. The molecule has 1 fully saturated rings. The number of ether oxygens (including phenoxy) is 1. The van der Waals surface area contributed by atoms with Crippen LogP contribution in [0.15, 0.2) is 42.7 Å². The largest absolute Gasteiger partial charge is 0.497 e. The molecule has 0 spiro atoms. The lowest BCUT2D eigenvalue weighted by molar-refractivity contribution is 0.122. The monoisotopic (exact) mass is 388 g/mol. The second-order valence-electron chi connectivity index (χ2n) is 6.75. The molecule has 150 valence electrons. The quantitative estimate of drug-likeness (QED) is 0.821. The van der Waals surface area contributed by atoms with Gasteiger partial charge in [-0.15, -0.1) is 0 Å². The summed E-state index contributed by atoms with van der Waals surface area (Å²) in [6.45, 7) is 2.88. The van der Waals surface area contributed by atoms with Gasteiger partial charge in [-0.2, -0.15) is 0 Å². The molecule has 2 aromatic rings. The van der Waals surface area contributed by atoms with E-state index in [0.29, 0.717) is 25.3 Å². The molecule has 0 saturated carbocycles. The van der Waals surface area contributed by atoms with Gasteiger partial charge in [-0.05, 0) is 30.7 Å². The van der Waals surface area contributed by atoms with E-state index in [1.54, 1.807) is 18.1 Å². The summed E-state index contributed by atoms with van der Waals surface area (Å²) in [5, 5.41) is 12.8. The first-order valence-electron chi connectivity index (χ1n) is 9.20. The predicted molar refractivity (Wildman–Crippen MR) is 104 cm³/mol. The highest BCUT2D eigenvalue weighted by Gasteiger charge is 2.31. The number of aliphatic hydroxyl groups is 1. The maximum absolute atomic E-state index is 14.0. The Bertz CT molecular complexity index is 820. The normalized spacial score (nSPS) is 17.9. The molecule has 2 N–H and O–H groups in total. The van der Waals surface area contributed by atoms with E-state index in [0.717, 1.165) is 17.5 Å². The highest BCUT2D eigenvalue weighted by atomic mass is 19.1. The van der Waals surface area contributed by atoms with E-state index in [1.165, 1.54) is 6.20 Å². The van der Waals surface area contributed by atoms with Crippen LogP contribution in [-0.4, -0.2) is 60.4 Å². The van der Waals surface area contributed by atoms with E-state index < -0.39 is 11.9 Å². The number of methoxy groups -OCH3 is 1. The average molecular weight is 388 g/mol. The fraction of sp³-hybridized carbons (Fsp3) is 0.400. The van der Waals surface area contributed by atoms with Crippen LogP contribution in [0.4, 0.5) is 14.9 Å². The first-order chi connectivity index (χ1) is 13.5. The number of amides is 2. The van der Waals surface area contributed by atoms with Crippen molar-refractivity contribution in [3.8, 4) is 5.75 Å². The Labute approximate surface area is 163 Å². The third-order valence-electron chi connectivity index (χ3n) is 4.98. The van der Waals surface area contributed by atoms with Gasteiger partial charge in [0.25, 0.3) is 0 Å². The fourth-order valence-corrected chi connectivity index (χ4v) is 3.38. The predicted octanol–water partition coefficient (Wildman–Crippen LogP) is 2.18. The molecular weight excluding hydrogens is 363 g/mol. The van der Waals surface area contributed by atoms with Crippen LogP contribution >= 0.6 is 0 Å². The van der Waals surface area contributed by atoms with Crippen LogP contribution in [0.5, 0.6) is 5.75 Å². The standard InChI is InChI=1S/C20H25FN4O3/c1-14(15-4-3-5-17(10-15)28-2)23-20(27)25-9-8-24(12-16(25)13-26)19-6-7-22-11-18(19)21/h3-7,10-11,14,16,26H,8-9,12-13H2,1-2H3,(H,23,27)/t14-,16?/m1/s1. The number of rotatable bonds is 5. The number of anilines is 1. The number of nitrogens with zero attached hydrogens (tertiary/aromatic N) is 3. The summed E-state index contributed by atoms with van der Waals surface area (Å²) in [4.78, 5) is 20.0. The van der Waals surface area contributed by atoms with Crippen molar-refractivity contribution in [1.29, 1.82) is 0 Å². The third-order valence-corrected chi connectivity index (χ3v) is 4.98. The summed E-state index contributed by atoms with van der Waals surface area (Å²) in [5.41, 5.74) is 1.35. The summed E-state index contributed by atoms with van der Waals surface area (Å²) in [7, 11) is 1.60. The number of benzene rings is 1. The average Bonchev–Trinajstić information content (AvgIpc) is 2.73. The highest BCUT2D eigenvalue weighted by Crippen LogP contribution is 2.23. The number of hydrogen-bond donors (Lipinski definition) is 2. The van der Waals surface area contributed by atoms with Gasteiger partial charge in [0.2, 0.25) is 0 Å². The summed E-state index contributed by atoms with van der Waals surface area (Å²) in [5.74, 6) is 0.309. The Hall–Kier alpha value is -2.87. The molecule has 3 rings (SSSR count). The number of aliphatic hydroxyl groups excluding tert-OH is 1. The molecular formula is C20H25FN4O3. The fourth-order valence-electron chi connectivity index (χ4n) is 3.38. The zero-order valence-corrected chi connectivity index (χ0v) is 16.0. The number of hydrogen-bond acceptors (Lipinski definition) is 5. The molecule has 2 heterocycles. The van der Waals surface area contributed by atoms with Crippen LogP contribution in [0.2, 0.25) is 0 Å². The number of pyridine rings is 1. The molecule has 1 aromatic heterocycles. The van der Waals surface area contributed by atoms with E-state index in [4.69, 9.17) is 4.74 Å². The molecule has 1 aliphatic rings. The lowest BCUT2D eigenvalue weighted by Gasteiger charge is -2.42. The Kier molecular flexibility index (Phi) is 6.30. The molecule has 2 amide bonds. The molecule has 0 radical (unpaired) electrons. The third kappa shape index (κ3) is 4.33. The summed E-state index contributed by atoms with van der Waals surface area (Å²) >= 11 is 0. The lowest BCUT2D eigenvalue weighted by atomic mass is 10.1. The van der Waals surface area contributed by atoms with Crippen molar-refractivity contribution in [2.75, 3.05) is 38.3 Å². The molecule has 2 atom stereocenters. The zero-order chi connectivity index (χ0) is 20.1. The Balaban J connectivity index is 1.66. The van der Waals surface area contributed by atoms with Gasteiger partial charge >= 0.3 is 6.03 Å². The van der Waals surface area contributed by atoms with Gasteiger partial charge in [0, 0.05) is 25.8 Å². The molecule has 7 nitrogen and oxygen atoms in total. The van der Waals surface area contributed by atoms with Crippen LogP contribution in [0.1, 0.15) is 18.5 Å². The highest BCUT2D eigenvalue weighted by molar-refractivity contribution is 5.75. The summed E-state index contributed by atoms with van der Waals surface area (Å²) < 4.78 is 19.2. The summed E-state index contributed by atoms with van der Waals surface area (Å²) in [6, 6.07) is 8.19. The van der Waals surface area contributed by atoms with Gasteiger partial charge in [-0.25, -0.2) is 9.18 Å². The molecule has 0 bridgehead atoms. The van der Waals surface area contributed by atoms with Crippen LogP contribution in [0.25, 0.3) is 0 Å². The van der Waals surface area contributed by atoms with Crippen molar-refractivity contribution in [3.05, 3.63) is 54.1 Å². The SMILES string of the molecule is COc1cccc([C@@H](C)NC(=O)N2CCN(c3ccncc3F)CC2CO)c1. The molecule has 1 aromatic carbocycles. The number of carbonyl (C=O) groups excluding carboxylic acids is 1. The van der Waals surface area contributed by atoms with E-state index >= 15 is 0 Å². The maximum Gasteiger partial charge on any atom is 0.318 e. The molecule has 1 aliphatic heterocycles. The number of aromatic nitrogens is 1. The van der Waals surface area contributed by atoms with Gasteiger partial charge in [-0.1, -0.05) is 12.1 Å². The van der Waals surface area contributed by atoms with Crippen molar-refractivity contribution in [2.45, 2.75) is 19.0 Å². The van der Waals surface area contributed by atoms with E-state index in [-0.39, 0.29) is 18.7 Å². The van der Waals surface area contributed by atoms with Gasteiger partial charge in [0.1, 0.15) is 5.75 Å². The minimum absolute atomic E-state index is 0.204. The Morgan fingerprint density at radius 2 is 2.25 bits per heavy atom. The maximum atomic E-state index is 14.0. The molecule has 1 unspecified atom stereocenters. The van der Waals surface area contributed by atoms with Crippen molar-refractivity contribution >= 4 is 11.7 Å². The van der Waals surface area contributed by atoms with E-state index in [1.807, 2.05) is 36.1 Å². The zero-order valence-electron chi connectivity index (χ0n) is 16.0. The Morgan fingerprint density at radius 1 is 1.43 bits per heavy atom.